The van der Waals surface area contributed by atoms with Gasteiger partial charge in [-0.3, -0.25) is 0 Å². The molecule has 9 aromatic rings. The molecule has 2 nitrogen and oxygen atoms in total. The van der Waals surface area contributed by atoms with E-state index < -0.39 is 0 Å². The maximum absolute atomic E-state index is 2.40. The lowest BCUT2D eigenvalue weighted by Crippen LogP contribution is -2.09. The van der Waals surface area contributed by atoms with Crippen molar-refractivity contribution in [1.82, 2.24) is 4.57 Å². The Kier molecular flexibility index (Phi) is 5.40. The van der Waals surface area contributed by atoms with E-state index in [0.29, 0.717) is 0 Å². The molecule has 0 radical (unpaired) electrons. The van der Waals surface area contributed by atoms with Crippen LogP contribution < -0.4 is 4.90 Å². The second-order valence-electron chi connectivity index (χ2n) is 11.0. The van der Waals surface area contributed by atoms with E-state index in [1.54, 1.807) is 0 Å². The maximum Gasteiger partial charge on any atom is 0.0547 e. The molecule has 2 aromatic heterocycles. The molecule has 0 aliphatic rings. The summed E-state index contributed by atoms with van der Waals surface area (Å²) >= 11 is 1.90. The molecular formula is C40H26N2S. The molecule has 9 rings (SSSR count). The lowest BCUT2D eigenvalue weighted by molar-refractivity contribution is 1.18. The molecule has 0 unspecified atom stereocenters. The Morgan fingerprint density at radius 1 is 0.419 bits per heavy atom. The van der Waals surface area contributed by atoms with Crippen molar-refractivity contribution >= 4 is 81.1 Å². The molecule has 7 aromatic carbocycles. The quantitative estimate of drug-likeness (QED) is 0.206. The minimum atomic E-state index is 1.15. The van der Waals surface area contributed by atoms with E-state index in [-0.39, 0.29) is 0 Å². The largest absolute Gasteiger partial charge is 0.310 e. The molecule has 0 fully saturated rings. The first-order chi connectivity index (χ1) is 21.3. The van der Waals surface area contributed by atoms with Gasteiger partial charge in [0.15, 0.2) is 0 Å². The summed E-state index contributed by atoms with van der Waals surface area (Å²) in [5.74, 6) is 0. The second kappa shape index (κ2) is 9.59. The number of rotatable bonds is 4. The van der Waals surface area contributed by atoms with Crippen LogP contribution in [0.5, 0.6) is 0 Å². The fourth-order valence-corrected chi connectivity index (χ4v) is 7.90. The zero-order valence-electron chi connectivity index (χ0n) is 23.3. The number of thiophene rings is 1. The van der Waals surface area contributed by atoms with Crippen LogP contribution in [0, 0.1) is 0 Å². The van der Waals surface area contributed by atoms with Crippen molar-refractivity contribution in [2.45, 2.75) is 0 Å². The smallest absolute Gasteiger partial charge is 0.0547 e. The van der Waals surface area contributed by atoms with Gasteiger partial charge in [-0.15, -0.1) is 11.3 Å². The van der Waals surface area contributed by atoms with Gasteiger partial charge in [0, 0.05) is 59.1 Å². The lowest BCUT2D eigenvalue weighted by Gasteiger charge is -2.25. The summed E-state index contributed by atoms with van der Waals surface area (Å²) < 4.78 is 5.04. The lowest BCUT2D eigenvalue weighted by atomic mass is 10.0. The van der Waals surface area contributed by atoms with Crippen LogP contribution in [0.1, 0.15) is 0 Å². The van der Waals surface area contributed by atoms with Crippen LogP contribution in [-0.4, -0.2) is 4.57 Å². The normalized spacial score (nSPS) is 11.7. The summed E-state index contributed by atoms with van der Waals surface area (Å²) in [6.45, 7) is 0. The predicted octanol–water partition coefficient (Wildman–Crippen LogP) is 11.8. The highest BCUT2D eigenvalue weighted by atomic mass is 32.1. The SMILES string of the molecule is c1ccc(N(c2ccccc2)c2ccc3sc4c(ccc5c4ccc4c5c5ccccc5n4-c4ccccc4)c3c2)cc1. The van der Waals surface area contributed by atoms with Gasteiger partial charge in [0.1, 0.15) is 0 Å². The third-order valence-electron chi connectivity index (χ3n) is 8.55. The topological polar surface area (TPSA) is 8.17 Å². The van der Waals surface area contributed by atoms with Crippen LogP contribution in [-0.2, 0) is 0 Å². The van der Waals surface area contributed by atoms with Crippen LogP contribution in [0.3, 0.4) is 0 Å². The van der Waals surface area contributed by atoms with E-state index in [2.05, 4.69) is 167 Å². The van der Waals surface area contributed by atoms with E-state index in [9.17, 15) is 0 Å². The minimum absolute atomic E-state index is 1.15. The van der Waals surface area contributed by atoms with Crippen molar-refractivity contribution in [1.29, 1.82) is 0 Å². The van der Waals surface area contributed by atoms with Crippen molar-refractivity contribution in [3.05, 3.63) is 158 Å². The summed E-state index contributed by atoms with van der Waals surface area (Å²) in [5.41, 5.74) is 7.12. The number of anilines is 3. The van der Waals surface area contributed by atoms with Crippen LogP contribution in [0.25, 0.3) is 58.4 Å². The van der Waals surface area contributed by atoms with Gasteiger partial charge in [-0.25, -0.2) is 0 Å². The molecule has 0 spiro atoms. The van der Waals surface area contributed by atoms with Crippen LogP contribution in [0.15, 0.2) is 158 Å². The first-order valence-electron chi connectivity index (χ1n) is 14.6. The summed E-state index contributed by atoms with van der Waals surface area (Å²) in [4.78, 5) is 2.34. The van der Waals surface area contributed by atoms with E-state index in [1.807, 2.05) is 11.3 Å². The number of nitrogens with zero attached hydrogens (tertiary/aromatic N) is 2. The number of hydrogen-bond acceptors (Lipinski definition) is 2. The Balaban J connectivity index is 1.29. The molecule has 0 aliphatic carbocycles. The van der Waals surface area contributed by atoms with Crippen LogP contribution in [0.4, 0.5) is 17.1 Å². The number of hydrogen-bond donors (Lipinski definition) is 0. The summed E-state index contributed by atoms with van der Waals surface area (Å²) in [5, 5.41) is 7.82. The molecule has 0 aliphatic heterocycles. The molecular weight excluding hydrogens is 541 g/mol. The van der Waals surface area contributed by atoms with E-state index >= 15 is 0 Å². The molecule has 2 heterocycles. The molecule has 0 saturated heterocycles. The van der Waals surface area contributed by atoms with Crippen LogP contribution in [0.2, 0.25) is 0 Å². The van der Waals surface area contributed by atoms with Gasteiger partial charge in [0.2, 0.25) is 0 Å². The van der Waals surface area contributed by atoms with Crippen molar-refractivity contribution in [2.75, 3.05) is 4.90 Å². The van der Waals surface area contributed by atoms with Crippen molar-refractivity contribution < 1.29 is 0 Å². The van der Waals surface area contributed by atoms with Gasteiger partial charge < -0.3 is 9.47 Å². The first kappa shape index (κ1) is 24.2. The molecule has 3 heteroatoms. The van der Waals surface area contributed by atoms with Gasteiger partial charge in [0.05, 0.1) is 11.0 Å². The van der Waals surface area contributed by atoms with Gasteiger partial charge in [-0.05, 0) is 72.1 Å². The zero-order valence-corrected chi connectivity index (χ0v) is 24.1. The Morgan fingerprint density at radius 2 is 1.02 bits per heavy atom. The number of aromatic nitrogens is 1. The maximum atomic E-state index is 2.40. The fourth-order valence-electron chi connectivity index (χ4n) is 6.69. The summed E-state index contributed by atoms with van der Waals surface area (Å²) in [6, 6.07) is 57.0. The molecule has 0 saturated carbocycles. The zero-order chi connectivity index (χ0) is 28.3. The van der Waals surface area contributed by atoms with E-state index in [1.165, 1.54) is 58.4 Å². The standard InChI is InChI=1S/C40H26N2S/c1-4-12-27(13-5-1)41(28-14-6-2-7-15-28)30-20-25-38-35(26-30)33-22-21-31-32(40(33)43-38)23-24-37-39(31)34-18-10-11-19-36(34)42(37)29-16-8-3-9-17-29/h1-26H. The Labute approximate surface area is 253 Å². The Morgan fingerprint density at radius 3 is 1.77 bits per heavy atom. The minimum Gasteiger partial charge on any atom is -0.310 e. The van der Waals surface area contributed by atoms with Crippen molar-refractivity contribution in [2.24, 2.45) is 0 Å². The van der Waals surface area contributed by atoms with Gasteiger partial charge in [-0.2, -0.15) is 0 Å². The highest BCUT2D eigenvalue weighted by molar-refractivity contribution is 7.26. The molecule has 0 amide bonds. The molecule has 43 heavy (non-hydrogen) atoms. The van der Waals surface area contributed by atoms with E-state index in [0.717, 1.165) is 17.1 Å². The molecule has 202 valence electrons. The third-order valence-corrected chi connectivity index (χ3v) is 9.77. The average molecular weight is 567 g/mol. The van der Waals surface area contributed by atoms with E-state index in [4.69, 9.17) is 0 Å². The molecule has 0 N–H and O–H groups in total. The number of fused-ring (bicyclic) bond motifs is 9. The third kappa shape index (κ3) is 3.72. The van der Waals surface area contributed by atoms with Crippen molar-refractivity contribution in [3.8, 4) is 5.69 Å². The predicted molar refractivity (Wildman–Crippen MR) is 186 cm³/mol. The Bertz CT molecular complexity index is 2400. The Hall–Kier alpha value is -5.38. The summed E-state index contributed by atoms with van der Waals surface area (Å²) in [6.07, 6.45) is 0. The summed E-state index contributed by atoms with van der Waals surface area (Å²) in [7, 11) is 0. The highest BCUT2D eigenvalue weighted by Crippen LogP contribution is 2.45. The fraction of sp³-hybridized carbons (Fsp3) is 0. The van der Waals surface area contributed by atoms with Crippen molar-refractivity contribution in [3.63, 3.8) is 0 Å². The number of para-hydroxylation sites is 4. The van der Waals surface area contributed by atoms with Gasteiger partial charge in [-0.1, -0.05) is 91.0 Å². The first-order valence-corrected chi connectivity index (χ1v) is 15.4. The average Bonchev–Trinajstić information content (AvgIpc) is 3.62. The monoisotopic (exact) mass is 566 g/mol. The highest BCUT2D eigenvalue weighted by Gasteiger charge is 2.18. The van der Waals surface area contributed by atoms with Crippen LogP contribution >= 0.6 is 11.3 Å². The number of benzene rings is 7. The molecule has 0 bridgehead atoms. The van der Waals surface area contributed by atoms with Gasteiger partial charge >= 0.3 is 0 Å². The molecule has 0 atom stereocenters. The van der Waals surface area contributed by atoms with Gasteiger partial charge in [0.25, 0.3) is 0 Å². The second-order valence-corrected chi connectivity index (χ2v) is 12.0.